The molecule has 0 fully saturated rings. The number of rotatable bonds is 3. The molecule has 2 nitrogen and oxygen atoms in total. The Hall–Kier alpha value is -2.68. The maximum Gasteiger partial charge on any atom is 0.221 e. The van der Waals surface area contributed by atoms with Crippen LogP contribution < -0.4 is 4.74 Å². The summed E-state index contributed by atoms with van der Waals surface area (Å²) >= 11 is 0. The molecule has 0 saturated carbocycles. The molecule has 20 heavy (non-hydrogen) atoms. The number of halogens is 1. The summed E-state index contributed by atoms with van der Waals surface area (Å²) in [5.74, 6) is 0.338. The second-order valence-corrected chi connectivity index (χ2v) is 4.26. The average Bonchev–Trinajstić information content (AvgIpc) is 2.49. The lowest BCUT2D eigenvalue weighted by atomic mass is 10.1. The number of hydrogen-bond acceptors (Lipinski definition) is 2. The van der Waals surface area contributed by atoms with Crippen LogP contribution in [0.1, 0.15) is 0 Å². The Morgan fingerprint density at radius 3 is 2.30 bits per heavy atom. The van der Waals surface area contributed by atoms with Crippen LogP contribution in [0.3, 0.4) is 0 Å². The smallest absolute Gasteiger partial charge is 0.221 e. The minimum atomic E-state index is -0.556. The molecule has 1 heterocycles. The summed E-state index contributed by atoms with van der Waals surface area (Å²) in [5.41, 5.74) is 1.98. The quantitative estimate of drug-likeness (QED) is 0.641. The van der Waals surface area contributed by atoms with Crippen molar-refractivity contribution in [3.63, 3.8) is 0 Å². The SMILES string of the molecule is Fc1cccc(Oc2ccccc2-c2ccccc2)n1. The zero-order valence-corrected chi connectivity index (χ0v) is 10.7. The molecule has 3 rings (SSSR count). The summed E-state index contributed by atoms with van der Waals surface area (Å²) < 4.78 is 18.8. The molecule has 0 saturated heterocycles. The van der Waals surface area contributed by atoms with Crippen LogP contribution in [0.2, 0.25) is 0 Å². The summed E-state index contributed by atoms with van der Waals surface area (Å²) in [6.45, 7) is 0. The molecule has 2 aromatic carbocycles. The number of para-hydroxylation sites is 1. The van der Waals surface area contributed by atoms with Crippen molar-refractivity contribution < 1.29 is 9.13 Å². The summed E-state index contributed by atoms with van der Waals surface area (Å²) in [6.07, 6.45) is 0. The van der Waals surface area contributed by atoms with Crippen molar-refractivity contribution in [2.75, 3.05) is 0 Å². The highest BCUT2D eigenvalue weighted by molar-refractivity contribution is 5.70. The van der Waals surface area contributed by atoms with Gasteiger partial charge in [0.2, 0.25) is 11.8 Å². The number of aromatic nitrogens is 1. The third kappa shape index (κ3) is 2.67. The Kier molecular flexibility index (Phi) is 3.42. The standard InChI is InChI=1S/C17H12FNO/c18-16-11-6-12-17(19-16)20-15-10-5-4-9-14(15)13-7-2-1-3-8-13/h1-12H. The molecule has 0 aliphatic carbocycles. The van der Waals surface area contributed by atoms with Gasteiger partial charge in [0.05, 0.1) is 0 Å². The van der Waals surface area contributed by atoms with Gasteiger partial charge in [-0.05, 0) is 17.7 Å². The molecule has 3 aromatic rings. The van der Waals surface area contributed by atoms with Gasteiger partial charge in [-0.2, -0.15) is 9.37 Å². The van der Waals surface area contributed by atoms with E-state index in [4.69, 9.17) is 4.74 Å². The van der Waals surface area contributed by atoms with Crippen LogP contribution in [-0.4, -0.2) is 4.98 Å². The van der Waals surface area contributed by atoms with E-state index in [1.54, 1.807) is 12.1 Å². The summed E-state index contributed by atoms with van der Waals surface area (Å²) in [6, 6.07) is 22.0. The van der Waals surface area contributed by atoms with Crippen molar-refractivity contribution >= 4 is 0 Å². The number of benzene rings is 2. The van der Waals surface area contributed by atoms with E-state index in [9.17, 15) is 4.39 Å². The first-order chi connectivity index (χ1) is 9.83. The van der Waals surface area contributed by atoms with Gasteiger partial charge in [0.25, 0.3) is 0 Å². The predicted molar refractivity (Wildman–Crippen MR) is 76.1 cm³/mol. The predicted octanol–water partition coefficient (Wildman–Crippen LogP) is 4.68. The van der Waals surface area contributed by atoms with Gasteiger partial charge in [-0.1, -0.05) is 54.6 Å². The van der Waals surface area contributed by atoms with Gasteiger partial charge < -0.3 is 4.74 Å². The third-order valence-corrected chi connectivity index (χ3v) is 2.88. The average molecular weight is 265 g/mol. The van der Waals surface area contributed by atoms with Crippen molar-refractivity contribution in [3.05, 3.63) is 78.7 Å². The van der Waals surface area contributed by atoms with E-state index >= 15 is 0 Å². The molecule has 0 aliphatic heterocycles. The Bertz CT molecular complexity index is 713. The Morgan fingerprint density at radius 2 is 1.50 bits per heavy atom. The van der Waals surface area contributed by atoms with E-state index in [1.807, 2.05) is 54.6 Å². The van der Waals surface area contributed by atoms with Gasteiger partial charge in [-0.15, -0.1) is 0 Å². The van der Waals surface area contributed by atoms with Crippen LogP contribution in [0, 0.1) is 5.95 Å². The van der Waals surface area contributed by atoms with Crippen LogP contribution in [0.4, 0.5) is 4.39 Å². The van der Waals surface area contributed by atoms with Crippen molar-refractivity contribution in [3.8, 4) is 22.8 Å². The summed E-state index contributed by atoms with van der Waals surface area (Å²) in [4.78, 5) is 3.71. The fourth-order valence-corrected chi connectivity index (χ4v) is 1.97. The molecule has 0 amide bonds. The molecule has 0 unspecified atom stereocenters. The topological polar surface area (TPSA) is 22.1 Å². The largest absolute Gasteiger partial charge is 0.438 e. The third-order valence-electron chi connectivity index (χ3n) is 2.88. The van der Waals surface area contributed by atoms with E-state index in [0.29, 0.717) is 5.75 Å². The van der Waals surface area contributed by atoms with Gasteiger partial charge in [0.1, 0.15) is 5.75 Å². The molecule has 3 heteroatoms. The first-order valence-electron chi connectivity index (χ1n) is 6.28. The van der Waals surface area contributed by atoms with Gasteiger partial charge in [-0.3, -0.25) is 0 Å². The van der Waals surface area contributed by atoms with E-state index in [1.165, 1.54) is 6.07 Å². The Balaban J connectivity index is 1.99. The van der Waals surface area contributed by atoms with Gasteiger partial charge >= 0.3 is 0 Å². The second kappa shape index (κ2) is 5.53. The van der Waals surface area contributed by atoms with Crippen molar-refractivity contribution in [1.29, 1.82) is 0 Å². The fourth-order valence-electron chi connectivity index (χ4n) is 1.97. The molecule has 1 aromatic heterocycles. The monoisotopic (exact) mass is 265 g/mol. The maximum absolute atomic E-state index is 13.1. The molecule has 0 bridgehead atoms. The van der Waals surface area contributed by atoms with Crippen LogP contribution in [0.25, 0.3) is 11.1 Å². The first kappa shape index (κ1) is 12.4. The molecule has 0 spiro atoms. The van der Waals surface area contributed by atoms with Crippen LogP contribution >= 0.6 is 0 Å². The molecule has 0 N–H and O–H groups in total. The lowest BCUT2D eigenvalue weighted by molar-refractivity contribution is 0.447. The highest BCUT2D eigenvalue weighted by atomic mass is 19.1. The van der Waals surface area contributed by atoms with E-state index < -0.39 is 5.95 Å². The number of pyridine rings is 1. The maximum atomic E-state index is 13.1. The van der Waals surface area contributed by atoms with Crippen molar-refractivity contribution in [1.82, 2.24) is 4.98 Å². The number of hydrogen-bond donors (Lipinski definition) is 0. The molecule has 0 aliphatic rings. The fraction of sp³-hybridized carbons (Fsp3) is 0. The molecular formula is C17H12FNO. The molecule has 0 atom stereocenters. The van der Waals surface area contributed by atoms with Crippen LogP contribution in [0.5, 0.6) is 11.6 Å². The molecule has 98 valence electrons. The number of nitrogens with zero attached hydrogens (tertiary/aromatic N) is 1. The van der Waals surface area contributed by atoms with Gasteiger partial charge in [0.15, 0.2) is 0 Å². The van der Waals surface area contributed by atoms with E-state index in [0.717, 1.165) is 11.1 Å². The van der Waals surface area contributed by atoms with Crippen LogP contribution in [0.15, 0.2) is 72.8 Å². The first-order valence-corrected chi connectivity index (χ1v) is 6.28. The Morgan fingerprint density at radius 1 is 0.750 bits per heavy atom. The number of ether oxygens (including phenoxy) is 1. The zero-order chi connectivity index (χ0) is 13.8. The van der Waals surface area contributed by atoms with Crippen LogP contribution in [-0.2, 0) is 0 Å². The van der Waals surface area contributed by atoms with Gasteiger partial charge in [0, 0.05) is 11.6 Å². The van der Waals surface area contributed by atoms with Crippen molar-refractivity contribution in [2.45, 2.75) is 0 Å². The lowest BCUT2D eigenvalue weighted by Crippen LogP contribution is -1.92. The summed E-state index contributed by atoms with van der Waals surface area (Å²) in [5, 5.41) is 0. The van der Waals surface area contributed by atoms with Crippen molar-refractivity contribution in [2.24, 2.45) is 0 Å². The Labute approximate surface area is 116 Å². The lowest BCUT2D eigenvalue weighted by Gasteiger charge is -2.10. The highest BCUT2D eigenvalue weighted by Gasteiger charge is 2.07. The van der Waals surface area contributed by atoms with E-state index in [-0.39, 0.29) is 5.88 Å². The highest BCUT2D eigenvalue weighted by Crippen LogP contribution is 2.32. The minimum absolute atomic E-state index is 0.244. The zero-order valence-electron chi connectivity index (χ0n) is 10.7. The van der Waals surface area contributed by atoms with E-state index in [2.05, 4.69) is 4.98 Å². The minimum Gasteiger partial charge on any atom is -0.438 e. The normalized spacial score (nSPS) is 10.2. The summed E-state index contributed by atoms with van der Waals surface area (Å²) in [7, 11) is 0. The van der Waals surface area contributed by atoms with Gasteiger partial charge in [-0.25, -0.2) is 0 Å². The molecule has 0 radical (unpaired) electrons. The molecular weight excluding hydrogens is 253 g/mol. The second-order valence-electron chi connectivity index (χ2n) is 4.26.